The normalized spacial score (nSPS) is 12.6. The van der Waals surface area contributed by atoms with Gasteiger partial charge < -0.3 is 10.6 Å². The molecule has 27 heavy (non-hydrogen) atoms. The van der Waals surface area contributed by atoms with E-state index in [1.165, 1.54) is 10.4 Å². The number of aliphatic imine (C=N–C) groups is 1. The molecule has 2 N–H and O–H groups in total. The van der Waals surface area contributed by atoms with Crippen LogP contribution in [0, 0.1) is 5.82 Å². The lowest BCUT2D eigenvalue weighted by atomic mass is 9.84. The van der Waals surface area contributed by atoms with E-state index >= 15 is 0 Å². The molecule has 0 spiro atoms. The van der Waals surface area contributed by atoms with Crippen molar-refractivity contribution >= 4 is 40.0 Å². The van der Waals surface area contributed by atoms with E-state index in [1.807, 2.05) is 19.9 Å². The van der Waals surface area contributed by atoms with Gasteiger partial charge >= 0.3 is 0 Å². The molecule has 0 saturated carbocycles. The first-order valence-electron chi connectivity index (χ1n) is 8.77. The van der Waals surface area contributed by atoms with Gasteiger partial charge in [-0.15, -0.1) is 24.0 Å². The van der Waals surface area contributed by atoms with Crippen molar-refractivity contribution < 1.29 is 12.8 Å². The van der Waals surface area contributed by atoms with Crippen LogP contribution in [0.5, 0.6) is 0 Å². The van der Waals surface area contributed by atoms with E-state index in [0.717, 1.165) is 5.56 Å². The number of sulfonamides is 1. The Morgan fingerprint density at radius 1 is 1.30 bits per heavy atom. The van der Waals surface area contributed by atoms with Crippen LogP contribution in [0.4, 0.5) is 4.39 Å². The van der Waals surface area contributed by atoms with Gasteiger partial charge in [-0.1, -0.05) is 26.0 Å². The van der Waals surface area contributed by atoms with E-state index in [-0.39, 0.29) is 41.0 Å². The summed E-state index contributed by atoms with van der Waals surface area (Å²) in [6.07, 6.45) is 0.670. The molecular weight excluding hydrogens is 482 g/mol. The first-order valence-corrected chi connectivity index (χ1v) is 10.4. The van der Waals surface area contributed by atoms with Crippen LogP contribution in [0.3, 0.4) is 0 Å². The van der Waals surface area contributed by atoms with Gasteiger partial charge in [0.2, 0.25) is 10.0 Å². The van der Waals surface area contributed by atoms with E-state index in [0.29, 0.717) is 32.0 Å². The van der Waals surface area contributed by atoms with E-state index in [2.05, 4.69) is 15.6 Å². The predicted octanol–water partition coefficient (Wildman–Crippen LogP) is 2.56. The van der Waals surface area contributed by atoms with Crippen LogP contribution in [0.1, 0.15) is 32.8 Å². The monoisotopic (exact) mass is 514 g/mol. The summed E-state index contributed by atoms with van der Waals surface area (Å²) in [6.45, 7) is 7.34. The largest absolute Gasteiger partial charge is 0.356 e. The van der Waals surface area contributed by atoms with Crippen molar-refractivity contribution in [3.63, 3.8) is 0 Å². The summed E-state index contributed by atoms with van der Waals surface area (Å²) < 4.78 is 38.2. The molecule has 0 saturated heterocycles. The van der Waals surface area contributed by atoms with Crippen LogP contribution < -0.4 is 10.6 Å². The van der Waals surface area contributed by atoms with Gasteiger partial charge in [0.25, 0.3) is 0 Å². The minimum absolute atomic E-state index is 0. The van der Waals surface area contributed by atoms with Crippen molar-refractivity contribution in [1.82, 2.24) is 14.9 Å². The fraction of sp³-hybridized carbons (Fsp3) is 0.611. The average Bonchev–Trinajstić information content (AvgIpc) is 2.60. The van der Waals surface area contributed by atoms with Gasteiger partial charge in [0, 0.05) is 39.1 Å². The number of rotatable bonds is 9. The van der Waals surface area contributed by atoms with Crippen molar-refractivity contribution in [2.45, 2.75) is 32.6 Å². The van der Waals surface area contributed by atoms with Crippen molar-refractivity contribution in [2.75, 3.05) is 39.5 Å². The number of nitrogens with one attached hydrogen (secondary N) is 2. The minimum Gasteiger partial charge on any atom is -0.356 e. The number of benzene rings is 1. The molecule has 0 radical (unpaired) electrons. The fourth-order valence-corrected chi connectivity index (χ4v) is 3.25. The second kappa shape index (κ2) is 11.8. The number of guanidine groups is 1. The van der Waals surface area contributed by atoms with Gasteiger partial charge in [0.15, 0.2) is 5.96 Å². The van der Waals surface area contributed by atoms with Crippen LogP contribution in [0.15, 0.2) is 29.3 Å². The Labute approximate surface area is 180 Å². The molecule has 1 aromatic carbocycles. The topological polar surface area (TPSA) is 73.8 Å². The first-order chi connectivity index (χ1) is 12.1. The summed E-state index contributed by atoms with van der Waals surface area (Å²) in [5, 5.41) is 6.41. The summed E-state index contributed by atoms with van der Waals surface area (Å²) in [6, 6.07) is 6.59. The van der Waals surface area contributed by atoms with Gasteiger partial charge in [-0.2, -0.15) is 0 Å². The van der Waals surface area contributed by atoms with Crippen molar-refractivity contribution in [1.29, 1.82) is 0 Å². The van der Waals surface area contributed by atoms with E-state index in [4.69, 9.17) is 0 Å². The van der Waals surface area contributed by atoms with Gasteiger partial charge in [-0.3, -0.25) is 4.99 Å². The minimum atomic E-state index is -3.14. The lowest BCUT2D eigenvalue weighted by Crippen LogP contribution is -2.44. The Kier molecular flexibility index (Phi) is 11.4. The number of halogens is 2. The van der Waals surface area contributed by atoms with E-state index in [1.54, 1.807) is 33.2 Å². The SMILES string of the molecule is CCS(=O)(=O)N(C)CCCNC(=NC)NCC(C)(C)c1cccc(F)c1.I. The molecule has 6 nitrogen and oxygen atoms in total. The molecule has 0 unspecified atom stereocenters. The Hall–Kier alpha value is -0.940. The predicted molar refractivity (Wildman–Crippen MR) is 121 cm³/mol. The summed E-state index contributed by atoms with van der Waals surface area (Å²) >= 11 is 0. The molecule has 0 atom stereocenters. The third kappa shape index (κ3) is 8.73. The lowest BCUT2D eigenvalue weighted by Gasteiger charge is -2.27. The Morgan fingerprint density at radius 3 is 2.52 bits per heavy atom. The molecule has 0 amide bonds. The molecule has 156 valence electrons. The van der Waals surface area contributed by atoms with Gasteiger partial charge in [0.05, 0.1) is 5.75 Å². The molecule has 0 fully saturated rings. The third-order valence-corrected chi connectivity index (χ3v) is 6.17. The standard InChI is InChI=1S/C18H31FN4O2S.HI/c1-6-26(24,25)23(5)12-8-11-21-17(20-4)22-14-18(2,3)15-9-7-10-16(19)13-15;/h7,9-10,13H,6,8,11-12,14H2,1-5H3,(H2,20,21,22);1H. The number of nitrogens with zero attached hydrogens (tertiary/aromatic N) is 2. The first kappa shape index (κ1) is 26.1. The maximum Gasteiger partial charge on any atom is 0.213 e. The Bertz CT molecular complexity index is 711. The van der Waals surface area contributed by atoms with Crippen molar-refractivity contribution in [2.24, 2.45) is 4.99 Å². The van der Waals surface area contributed by atoms with Crippen LogP contribution in [-0.4, -0.2) is 58.2 Å². The maximum absolute atomic E-state index is 13.4. The van der Waals surface area contributed by atoms with Crippen LogP contribution in [-0.2, 0) is 15.4 Å². The molecular formula is C18H32FIN4O2S. The lowest BCUT2D eigenvalue weighted by molar-refractivity contribution is 0.460. The van der Waals surface area contributed by atoms with Crippen LogP contribution in [0.25, 0.3) is 0 Å². The van der Waals surface area contributed by atoms with Crippen molar-refractivity contribution in [3.8, 4) is 0 Å². The summed E-state index contributed by atoms with van der Waals surface area (Å²) in [5.74, 6) is 0.495. The molecule has 0 bridgehead atoms. The molecule has 0 aliphatic carbocycles. The van der Waals surface area contributed by atoms with Crippen LogP contribution in [0.2, 0.25) is 0 Å². The molecule has 0 aliphatic rings. The zero-order valence-electron chi connectivity index (χ0n) is 16.8. The third-order valence-electron chi connectivity index (χ3n) is 4.31. The highest BCUT2D eigenvalue weighted by atomic mass is 127. The number of hydrogen-bond donors (Lipinski definition) is 2. The van der Waals surface area contributed by atoms with Crippen LogP contribution >= 0.6 is 24.0 Å². The number of hydrogen-bond acceptors (Lipinski definition) is 3. The summed E-state index contributed by atoms with van der Waals surface area (Å²) in [5.41, 5.74) is 0.640. The highest BCUT2D eigenvalue weighted by Gasteiger charge is 2.21. The summed E-state index contributed by atoms with van der Waals surface area (Å²) in [4.78, 5) is 4.17. The second-order valence-corrected chi connectivity index (χ2v) is 9.19. The highest BCUT2D eigenvalue weighted by Crippen LogP contribution is 2.22. The second-order valence-electron chi connectivity index (χ2n) is 6.82. The highest BCUT2D eigenvalue weighted by molar-refractivity contribution is 14.0. The van der Waals surface area contributed by atoms with E-state index < -0.39 is 10.0 Å². The molecule has 9 heteroatoms. The molecule has 0 aromatic heterocycles. The quantitative estimate of drug-likeness (QED) is 0.230. The van der Waals surface area contributed by atoms with E-state index in [9.17, 15) is 12.8 Å². The van der Waals surface area contributed by atoms with Gasteiger partial charge in [-0.05, 0) is 31.0 Å². The molecule has 1 aromatic rings. The van der Waals surface area contributed by atoms with Gasteiger partial charge in [-0.25, -0.2) is 17.1 Å². The zero-order valence-corrected chi connectivity index (χ0v) is 19.9. The van der Waals surface area contributed by atoms with Crippen molar-refractivity contribution in [3.05, 3.63) is 35.6 Å². The maximum atomic E-state index is 13.4. The Morgan fingerprint density at radius 2 is 1.96 bits per heavy atom. The average molecular weight is 514 g/mol. The Balaban J connectivity index is 0.00000676. The molecule has 1 rings (SSSR count). The molecule has 0 aliphatic heterocycles. The molecule has 0 heterocycles. The summed E-state index contributed by atoms with van der Waals surface area (Å²) in [7, 11) is 0.130. The van der Waals surface area contributed by atoms with Gasteiger partial charge in [0.1, 0.15) is 5.82 Å². The zero-order chi connectivity index (χ0) is 19.8. The smallest absolute Gasteiger partial charge is 0.213 e. The fourth-order valence-electron chi connectivity index (χ4n) is 2.40.